The summed E-state index contributed by atoms with van der Waals surface area (Å²) in [5.41, 5.74) is 0.193. The topological polar surface area (TPSA) is 135 Å². The van der Waals surface area contributed by atoms with E-state index in [0.29, 0.717) is 6.42 Å². The molecule has 10 heteroatoms. The molecular weight excluding hydrogens is 488 g/mol. The first-order chi connectivity index (χ1) is 18.0. The van der Waals surface area contributed by atoms with E-state index >= 15 is 0 Å². The lowest BCUT2D eigenvalue weighted by atomic mass is 9.90. The molecule has 2 heterocycles. The number of pyridine rings is 1. The van der Waals surface area contributed by atoms with Crippen molar-refractivity contribution in [2.45, 2.75) is 65.1 Å². The molecule has 1 fully saturated rings. The monoisotopic (exact) mass is 522 g/mol. The van der Waals surface area contributed by atoms with Crippen LogP contribution in [-0.2, 0) is 19.1 Å². The zero-order valence-corrected chi connectivity index (χ0v) is 22.1. The molecule has 1 aromatic carbocycles. The van der Waals surface area contributed by atoms with Crippen molar-refractivity contribution >= 4 is 29.6 Å². The number of ether oxygens (including phenoxy) is 1. The van der Waals surface area contributed by atoms with Crippen LogP contribution < -0.4 is 10.6 Å². The van der Waals surface area contributed by atoms with Crippen LogP contribution in [0.25, 0.3) is 0 Å². The average molecular weight is 523 g/mol. The lowest BCUT2D eigenvalue weighted by Gasteiger charge is -2.25. The smallest absolute Gasteiger partial charge is 0.408 e. The molecule has 2 aromatic rings. The van der Waals surface area contributed by atoms with Crippen LogP contribution in [0.1, 0.15) is 68.9 Å². The quantitative estimate of drug-likeness (QED) is 0.361. The number of rotatable bonds is 10. The van der Waals surface area contributed by atoms with Crippen LogP contribution in [0.15, 0.2) is 54.9 Å². The molecule has 3 rings (SSSR count). The first-order valence-corrected chi connectivity index (χ1v) is 12.7. The van der Waals surface area contributed by atoms with Gasteiger partial charge in [0.05, 0.1) is 11.6 Å². The predicted octanol–water partition coefficient (Wildman–Crippen LogP) is 3.19. The van der Waals surface area contributed by atoms with Gasteiger partial charge in [0.1, 0.15) is 6.04 Å². The number of benzene rings is 1. The van der Waals surface area contributed by atoms with Crippen LogP contribution in [0, 0.1) is 5.41 Å². The van der Waals surface area contributed by atoms with Gasteiger partial charge >= 0.3 is 6.09 Å². The molecule has 0 unspecified atom stereocenters. The zero-order valence-electron chi connectivity index (χ0n) is 22.1. The lowest BCUT2D eigenvalue weighted by molar-refractivity contribution is -0.139. The van der Waals surface area contributed by atoms with Crippen LogP contribution >= 0.6 is 0 Å². The zero-order chi connectivity index (χ0) is 27.9. The van der Waals surface area contributed by atoms with Gasteiger partial charge in [0, 0.05) is 24.4 Å². The van der Waals surface area contributed by atoms with Gasteiger partial charge in [0.15, 0.2) is 6.10 Å². The van der Waals surface area contributed by atoms with E-state index in [-0.39, 0.29) is 18.5 Å². The van der Waals surface area contributed by atoms with Gasteiger partial charge in [0.25, 0.3) is 17.7 Å². The molecule has 1 aliphatic rings. The van der Waals surface area contributed by atoms with Crippen LogP contribution in [0.3, 0.4) is 0 Å². The summed E-state index contributed by atoms with van der Waals surface area (Å²) in [7, 11) is 0. The van der Waals surface area contributed by atoms with Crippen molar-refractivity contribution in [3.63, 3.8) is 0 Å². The molecule has 1 aliphatic heterocycles. The van der Waals surface area contributed by atoms with E-state index in [9.17, 15) is 24.0 Å². The number of aromatic nitrogens is 1. The summed E-state index contributed by atoms with van der Waals surface area (Å²) in [6, 6.07) is 10.8. The van der Waals surface area contributed by atoms with Crippen LogP contribution in [0.4, 0.5) is 4.79 Å². The highest BCUT2D eigenvalue weighted by molar-refractivity contribution is 6.38. The minimum atomic E-state index is -1.25. The lowest BCUT2D eigenvalue weighted by Crippen LogP contribution is -2.49. The fourth-order valence-corrected chi connectivity index (χ4v) is 4.28. The number of Topliss-reactive ketones (excluding diaryl/α,β-unsaturated/α-hetero) is 1. The Hall–Kier alpha value is -4.08. The Balaban J connectivity index is 1.66. The highest BCUT2D eigenvalue weighted by atomic mass is 16.6. The maximum absolute atomic E-state index is 13.1. The number of hydrogen-bond acceptors (Lipinski definition) is 7. The Morgan fingerprint density at radius 1 is 1.11 bits per heavy atom. The van der Waals surface area contributed by atoms with Gasteiger partial charge in [-0.15, -0.1) is 0 Å². The van der Waals surface area contributed by atoms with E-state index in [2.05, 4.69) is 15.6 Å². The maximum Gasteiger partial charge on any atom is 0.408 e. The van der Waals surface area contributed by atoms with Gasteiger partial charge in [-0.1, -0.05) is 63.9 Å². The number of nitrogens with zero attached hydrogens (tertiary/aromatic N) is 2. The van der Waals surface area contributed by atoms with E-state index in [1.807, 2.05) is 37.3 Å². The average Bonchev–Trinajstić information content (AvgIpc) is 3.14. The number of likely N-dealkylation sites (tertiary alicyclic amines) is 1. The molecule has 3 atom stereocenters. The number of ketones is 1. The number of amides is 4. The number of carbonyl (C=O) groups excluding carboxylic acids is 5. The highest BCUT2D eigenvalue weighted by Gasteiger charge is 2.51. The molecule has 0 radical (unpaired) electrons. The first-order valence-electron chi connectivity index (χ1n) is 12.7. The molecule has 10 nitrogen and oxygen atoms in total. The Bertz CT molecular complexity index is 1170. The molecule has 1 saturated heterocycles. The SMILES string of the molecule is CCCC[C@H](NC(=O)O[C@@H]1C(=O)N(C(=O)c2cccnc2)CC1(C)C)C(=O)C(=O)N[C@H](C)c1ccccc1. The number of carbonyl (C=O) groups is 5. The Labute approximate surface area is 222 Å². The molecule has 0 saturated carbocycles. The number of imide groups is 1. The second-order valence-corrected chi connectivity index (χ2v) is 10.1. The van der Waals surface area contributed by atoms with Gasteiger partial charge < -0.3 is 15.4 Å². The number of hydrogen-bond donors (Lipinski definition) is 2. The van der Waals surface area contributed by atoms with E-state index in [1.165, 1.54) is 12.4 Å². The number of alkyl carbamates (subject to hydrolysis) is 1. The third-order valence-electron chi connectivity index (χ3n) is 6.47. The molecule has 202 valence electrons. The summed E-state index contributed by atoms with van der Waals surface area (Å²) in [5.74, 6) is -2.83. The Kier molecular flexibility index (Phi) is 9.33. The van der Waals surface area contributed by atoms with E-state index in [1.54, 1.807) is 32.9 Å². The van der Waals surface area contributed by atoms with Gasteiger partial charge in [-0.25, -0.2) is 4.79 Å². The van der Waals surface area contributed by atoms with Gasteiger partial charge in [-0.05, 0) is 31.0 Å². The summed E-state index contributed by atoms with van der Waals surface area (Å²) in [6.07, 6.45) is 2.16. The van der Waals surface area contributed by atoms with Crippen LogP contribution in [0.5, 0.6) is 0 Å². The van der Waals surface area contributed by atoms with Crippen molar-refractivity contribution in [1.29, 1.82) is 0 Å². The molecule has 0 bridgehead atoms. The summed E-state index contributed by atoms with van der Waals surface area (Å²) < 4.78 is 5.45. The van der Waals surface area contributed by atoms with Crippen molar-refractivity contribution in [3.8, 4) is 0 Å². The normalized spacial score (nSPS) is 17.8. The maximum atomic E-state index is 13.1. The second-order valence-electron chi connectivity index (χ2n) is 10.1. The molecule has 38 heavy (non-hydrogen) atoms. The largest absolute Gasteiger partial charge is 0.435 e. The van der Waals surface area contributed by atoms with E-state index < -0.39 is 53.2 Å². The Morgan fingerprint density at radius 2 is 1.82 bits per heavy atom. The van der Waals surface area contributed by atoms with Crippen LogP contribution in [0.2, 0.25) is 0 Å². The summed E-state index contributed by atoms with van der Waals surface area (Å²) in [6.45, 7) is 7.13. The summed E-state index contributed by atoms with van der Waals surface area (Å²) >= 11 is 0. The second kappa shape index (κ2) is 12.4. The predicted molar refractivity (Wildman–Crippen MR) is 139 cm³/mol. The fraction of sp³-hybridized carbons (Fsp3) is 0.429. The van der Waals surface area contributed by atoms with Gasteiger partial charge in [-0.3, -0.25) is 29.1 Å². The molecule has 4 amide bonds. The number of unbranched alkanes of at least 4 members (excludes halogenated alkanes) is 1. The molecule has 0 spiro atoms. The van der Waals surface area contributed by atoms with Crippen LogP contribution in [-0.4, -0.2) is 58.2 Å². The minimum absolute atomic E-state index is 0.0372. The first kappa shape index (κ1) is 28.5. The van der Waals surface area contributed by atoms with E-state index in [4.69, 9.17) is 4.74 Å². The third kappa shape index (κ3) is 6.81. The van der Waals surface area contributed by atoms with E-state index in [0.717, 1.165) is 16.9 Å². The molecule has 0 aliphatic carbocycles. The van der Waals surface area contributed by atoms with Crippen molar-refractivity contribution < 1.29 is 28.7 Å². The highest BCUT2D eigenvalue weighted by Crippen LogP contribution is 2.34. The summed E-state index contributed by atoms with van der Waals surface area (Å²) in [4.78, 5) is 69.4. The summed E-state index contributed by atoms with van der Waals surface area (Å²) in [5, 5.41) is 5.14. The fourth-order valence-electron chi connectivity index (χ4n) is 4.28. The minimum Gasteiger partial charge on any atom is -0.435 e. The number of nitrogens with one attached hydrogen (secondary N) is 2. The van der Waals surface area contributed by atoms with Crippen molar-refractivity contribution in [1.82, 2.24) is 20.5 Å². The van der Waals surface area contributed by atoms with Crippen molar-refractivity contribution in [2.24, 2.45) is 5.41 Å². The van der Waals surface area contributed by atoms with Gasteiger partial charge in [0.2, 0.25) is 5.78 Å². The molecule has 1 aromatic heterocycles. The van der Waals surface area contributed by atoms with Crippen molar-refractivity contribution in [2.75, 3.05) is 6.54 Å². The Morgan fingerprint density at radius 3 is 2.45 bits per heavy atom. The molecular formula is C28H34N4O6. The molecule has 2 N–H and O–H groups in total. The van der Waals surface area contributed by atoms with Crippen molar-refractivity contribution in [3.05, 3.63) is 66.0 Å². The third-order valence-corrected chi connectivity index (χ3v) is 6.47. The standard InChI is InChI=1S/C28H34N4O6/c1-5-6-14-21(22(33)24(34)30-18(2)19-11-8-7-9-12-19)31-27(37)38-23-26(36)32(17-28(23,3)4)25(35)20-13-10-15-29-16-20/h7-13,15-16,18,21,23H,5-6,14,17H2,1-4H3,(H,30,34)(H,31,37)/t18-,21+,23-/m1/s1. The van der Waals surface area contributed by atoms with Gasteiger partial charge in [-0.2, -0.15) is 0 Å².